The number of rotatable bonds is 6. The molecule has 2 amide bonds. The van der Waals surface area contributed by atoms with E-state index < -0.39 is 11.6 Å². The van der Waals surface area contributed by atoms with Crippen molar-refractivity contribution < 1.29 is 19.4 Å². The van der Waals surface area contributed by atoms with E-state index in [1.807, 2.05) is 13.2 Å². The molecule has 8 nitrogen and oxygen atoms in total. The highest BCUT2D eigenvalue weighted by molar-refractivity contribution is 5.75. The number of aliphatic carboxylic acids is 1. The van der Waals surface area contributed by atoms with Crippen molar-refractivity contribution in [2.75, 3.05) is 26.2 Å². The molecular formula is C13H20N4O4. The minimum Gasteiger partial charge on any atom is -0.480 e. The van der Waals surface area contributed by atoms with Crippen LogP contribution in [0.15, 0.2) is 12.4 Å². The molecule has 0 saturated carbocycles. The minimum absolute atomic E-state index is 0.157. The van der Waals surface area contributed by atoms with Gasteiger partial charge >= 0.3 is 12.0 Å². The molecule has 1 fully saturated rings. The van der Waals surface area contributed by atoms with Crippen LogP contribution in [0.4, 0.5) is 4.79 Å². The summed E-state index contributed by atoms with van der Waals surface area (Å²) in [5.74, 6) is -1.00. The molecule has 2 heterocycles. The third-order valence-electron chi connectivity index (χ3n) is 3.33. The molecule has 0 atom stereocenters. The van der Waals surface area contributed by atoms with Crippen molar-refractivity contribution in [3.63, 3.8) is 0 Å². The van der Waals surface area contributed by atoms with Gasteiger partial charge in [-0.25, -0.2) is 9.59 Å². The second-order valence-electron chi connectivity index (χ2n) is 5.49. The highest BCUT2D eigenvalue weighted by atomic mass is 16.5. The van der Waals surface area contributed by atoms with Crippen molar-refractivity contribution in [3.8, 4) is 0 Å². The number of carboxylic acid groups (broad SMARTS) is 1. The van der Waals surface area contributed by atoms with Crippen LogP contribution in [0.25, 0.3) is 0 Å². The number of carbonyl (C=O) groups excluding carboxylic acids is 1. The first-order valence-electron chi connectivity index (χ1n) is 6.74. The molecule has 0 spiro atoms. The lowest BCUT2D eigenvalue weighted by atomic mass is 9.97. The molecule has 0 aliphatic carbocycles. The average Bonchev–Trinajstić information content (AvgIpc) is 2.78. The Bertz CT molecular complexity index is 522. The number of carboxylic acids is 1. The van der Waals surface area contributed by atoms with Crippen molar-refractivity contribution in [2.45, 2.75) is 18.9 Å². The molecule has 2 rings (SSSR count). The number of nitrogens with zero attached hydrogens (tertiary/aromatic N) is 3. The van der Waals surface area contributed by atoms with Crippen molar-refractivity contribution >= 4 is 12.0 Å². The average molecular weight is 296 g/mol. The number of urea groups is 1. The van der Waals surface area contributed by atoms with Gasteiger partial charge in [0.25, 0.3) is 0 Å². The third kappa shape index (κ3) is 4.19. The number of aryl methyl sites for hydroxylation is 1. The number of ether oxygens (including phenoxy) is 1. The van der Waals surface area contributed by atoms with Gasteiger partial charge in [-0.15, -0.1) is 0 Å². The predicted molar refractivity (Wildman–Crippen MR) is 73.9 cm³/mol. The Kier molecular flexibility index (Phi) is 4.46. The normalized spacial score (nSPS) is 16.4. The number of likely N-dealkylation sites (tertiary alicyclic amines) is 1. The number of aromatic nitrogens is 2. The van der Waals surface area contributed by atoms with Gasteiger partial charge in [0.2, 0.25) is 0 Å². The lowest BCUT2D eigenvalue weighted by molar-refractivity contribution is -0.159. The molecule has 1 aromatic rings. The Hall–Kier alpha value is -2.09. The van der Waals surface area contributed by atoms with E-state index in [2.05, 4.69) is 10.4 Å². The molecule has 0 aromatic carbocycles. The lowest BCUT2D eigenvalue weighted by Gasteiger charge is -2.46. The Morgan fingerprint density at radius 2 is 2.24 bits per heavy atom. The molecule has 8 heteroatoms. The summed E-state index contributed by atoms with van der Waals surface area (Å²) in [6, 6.07) is -0.157. The first-order valence-corrected chi connectivity index (χ1v) is 6.74. The van der Waals surface area contributed by atoms with Crippen molar-refractivity contribution in [2.24, 2.45) is 7.05 Å². The maximum absolute atomic E-state index is 11.9. The van der Waals surface area contributed by atoms with Crippen LogP contribution in [0.1, 0.15) is 12.5 Å². The van der Waals surface area contributed by atoms with E-state index in [4.69, 9.17) is 9.84 Å². The van der Waals surface area contributed by atoms with E-state index in [0.717, 1.165) is 12.0 Å². The van der Waals surface area contributed by atoms with Gasteiger partial charge in [0.1, 0.15) is 12.2 Å². The topological polar surface area (TPSA) is 96.7 Å². The van der Waals surface area contributed by atoms with Gasteiger partial charge in [-0.05, 0) is 18.9 Å². The van der Waals surface area contributed by atoms with Crippen LogP contribution in [0.3, 0.4) is 0 Å². The van der Waals surface area contributed by atoms with Crippen LogP contribution >= 0.6 is 0 Å². The number of amides is 2. The third-order valence-corrected chi connectivity index (χ3v) is 3.33. The van der Waals surface area contributed by atoms with Gasteiger partial charge in [0, 0.05) is 19.8 Å². The standard InChI is InChI=1S/C13H20N4O4/c1-13(21-7-11(18)19)8-17(9-13)12(20)14-4-3-10-5-15-16(2)6-10/h5-6H,3-4,7-9H2,1-2H3,(H,14,20)(H,18,19). The van der Waals surface area contributed by atoms with Gasteiger partial charge in [-0.3, -0.25) is 4.68 Å². The van der Waals surface area contributed by atoms with Crippen molar-refractivity contribution in [3.05, 3.63) is 18.0 Å². The van der Waals surface area contributed by atoms with Crippen LogP contribution in [0.2, 0.25) is 0 Å². The summed E-state index contributed by atoms with van der Waals surface area (Å²) >= 11 is 0. The fraction of sp³-hybridized carbons (Fsp3) is 0.615. The SMILES string of the molecule is Cn1cc(CCNC(=O)N2CC(C)(OCC(=O)O)C2)cn1. The van der Waals surface area contributed by atoms with Gasteiger partial charge in [0.05, 0.1) is 19.3 Å². The maximum Gasteiger partial charge on any atom is 0.329 e. The van der Waals surface area contributed by atoms with E-state index in [-0.39, 0.29) is 12.6 Å². The second kappa shape index (κ2) is 6.13. The summed E-state index contributed by atoms with van der Waals surface area (Å²) in [5, 5.41) is 15.5. The van der Waals surface area contributed by atoms with Crippen molar-refractivity contribution in [1.82, 2.24) is 20.0 Å². The predicted octanol–water partition coefficient (Wildman–Crippen LogP) is -0.152. The first-order chi connectivity index (χ1) is 9.88. The Morgan fingerprint density at radius 1 is 1.52 bits per heavy atom. The van der Waals surface area contributed by atoms with Crippen LogP contribution in [0, 0.1) is 0 Å². The summed E-state index contributed by atoms with van der Waals surface area (Å²) in [7, 11) is 1.85. The van der Waals surface area contributed by atoms with Gasteiger partial charge in [0.15, 0.2) is 0 Å². The second-order valence-corrected chi connectivity index (χ2v) is 5.49. The van der Waals surface area contributed by atoms with Crippen LogP contribution in [-0.4, -0.2) is 63.6 Å². The highest BCUT2D eigenvalue weighted by Crippen LogP contribution is 2.24. The number of nitrogens with one attached hydrogen (secondary N) is 1. The highest BCUT2D eigenvalue weighted by Gasteiger charge is 2.42. The summed E-state index contributed by atoms with van der Waals surface area (Å²) in [4.78, 5) is 23.9. The van der Waals surface area contributed by atoms with E-state index >= 15 is 0 Å². The van der Waals surface area contributed by atoms with Crippen LogP contribution < -0.4 is 5.32 Å². The molecule has 1 aliphatic rings. The quantitative estimate of drug-likeness (QED) is 0.761. The summed E-state index contributed by atoms with van der Waals surface area (Å²) in [6.07, 6.45) is 4.40. The molecule has 21 heavy (non-hydrogen) atoms. The Balaban J connectivity index is 1.65. The summed E-state index contributed by atoms with van der Waals surface area (Å²) in [5.41, 5.74) is 0.509. The molecule has 1 aliphatic heterocycles. The van der Waals surface area contributed by atoms with Crippen LogP contribution in [0.5, 0.6) is 0 Å². The number of hydrogen-bond donors (Lipinski definition) is 2. The van der Waals surface area contributed by atoms with Gasteiger partial charge < -0.3 is 20.1 Å². The molecule has 1 saturated heterocycles. The molecule has 0 unspecified atom stereocenters. The van der Waals surface area contributed by atoms with E-state index in [1.165, 1.54) is 0 Å². The molecular weight excluding hydrogens is 276 g/mol. The Morgan fingerprint density at radius 3 is 2.81 bits per heavy atom. The monoisotopic (exact) mass is 296 g/mol. The smallest absolute Gasteiger partial charge is 0.329 e. The molecule has 0 radical (unpaired) electrons. The zero-order valence-corrected chi connectivity index (χ0v) is 12.2. The summed E-state index contributed by atoms with van der Waals surface area (Å²) < 4.78 is 6.97. The summed E-state index contributed by atoms with van der Waals surface area (Å²) in [6.45, 7) is 2.80. The first kappa shape index (κ1) is 15.3. The fourth-order valence-corrected chi connectivity index (χ4v) is 2.26. The number of hydrogen-bond acceptors (Lipinski definition) is 4. The Labute approximate surface area is 122 Å². The zero-order chi connectivity index (χ0) is 15.5. The largest absolute Gasteiger partial charge is 0.480 e. The van der Waals surface area contributed by atoms with Crippen molar-refractivity contribution in [1.29, 1.82) is 0 Å². The molecule has 1 aromatic heterocycles. The minimum atomic E-state index is -1.00. The maximum atomic E-state index is 11.9. The van der Waals surface area contributed by atoms with Gasteiger partial charge in [-0.1, -0.05) is 0 Å². The van der Waals surface area contributed by atoms with Gasteiger partial charge in [-0.2, -0.15) is 5.10 Å². The molecule has 0 bridgehead atoms. The van der Waals surface area contributed by atoms with E-state index in [9.17, 15) is 9.59 Å². The van der Waals surface area contributed by atoms with E-state index in [1.54, 1.807) is 22.7 Å². The van der Waals surface area contributed by atoms with Crippen LogP contribution in [-0.2, 0) is 23.0 Å². The zero-order valence-electron chi connectivity index (χ0n) is 12.2. The lowest BCUT2D eigenvalue weighted by Crippen LogP contribution is -2.65. The number of carbonyl (C=O) groups is 2. The van der Waals surface area contributed by atoms with E-state index in [0.29, 0.717) is 19.6 Å². The molecule has 116 valence electrons. The molecule has 2 N–H and O–H groups in total. The fourth-order valence-electron chi connectivity index (χ4n) is 2.26.